The van der Waals surface area contributed by atoms with Crippen molar-refractivity contribution in [2.24, 2.45) is 4.99 Å². The molecule has 0 bridgehead atoms. The maximum Gasteiger partial charge on any atom is 0.191 e. The minimum atomic E-state index is 0.376. The molecular formula is C14H23N3O. The highest BCUT2D eigenvalue weighted by molar-refractivity contribution is 5.79. The second-order valence-electron chi connectivity index (χ2n) is 4.34. The highest BCUT2D eigenvalue weighted by Gasteiger charge is 1.98. The standard InChI is InChI=1S/C14H23N3O/c1-12(2)17-14(15-3)16-9-10-18-11-13-7-5-4-6-8-13/h4-8,12H,9-11H2,1-3H3,(H2,15,16,17). The summed E-state index contributed by atoms with van der Waals surface area (Å²) in [5.74, 6) is 0.813. The van der Waals surface area contributed by atoms with Gasteiger partial charge in [0.2, 0.25) is 0 Å². The lowest BCUT2D eigenvalue weighted by molar-refractivity contribution is 0.125. The third-order valence-electron chi connectivity index (χ3n) is 2.30. The third-order valence-corrected chi connectivity index (χ3v) is 2.30. The van der Waals surface area contributed by atoms with E-state index in [-0.39, 0.29) is 0 Å². The fourth-order valence-electron chi connectivity index (χ4n) is 1.47. The van der Waals surface area contributed by atoms with Gasteiger partial charge in [-0.15, -0.1) is 0 Å². The number of nitrogens with one attached hydrogen (secondary N) is 2. The van der Waals surface area contributed by atoms with Crippen molar-refractivity contribution >= 4 is 5.96 Å². The zero-order chi connectivity index (χ0) is 13.2. The van der Waals surface area contributed by atoms with Gasteiger partial charge in [-0.05, 0) is 19.4 Å². The molecular weight excluding hydrogens is 226 g/mol. The van der Waals surface area contributed by atoms with Crippen LogP contribution in [-0.4, -0.2) is 32.2 Å². The Morgan fingerprint density at radius 3 is 2.61 bits per heavy atom. The van der Waals surface area contributed by atoms with Crippen molar-refractivity contribution < 1.29 is 4.74 Å². The molecule has 0 unspecified atom stereocenters. The predicted octanol–water partition coefficient (Wildman–Crippen LogP) is 1.78. The quantitative estimate of drug-likeness (QED) is 0.459. The summed E-state index contributed by atoms with van der Waals surface area (Å²) in [6.45, 7) is 6.23. The molecule has 0 aliphatic rings. The molecule has 18 heavy (non-hydrogen) atoms. The van der Waals surface area contributed by atoms with Crippen molar-refractivity contribution in [1.82, 2.24) is 10.6 Å². The van der Waals surface area contributed by atoms with Gasteiger partial charge in [0.05, 0.1) is 13.2 Å². The number of guanidine groups is 1. The molecule has 0 aromatic heterocycles. The Kier molecular flexibility index (Phi) is 6.87. The van der Waals surface area contributed by atoms with E-state index in [0.717, 1.165) is 12.5 Å². The Morgan fingerprint density at radius 1 is 1.28 bits per heavy atom. The van der Waals surface area contributed by atoms with Crippen molar-refractivity contribution in [3.05, 3.63) is 35.9 Å². The first-order valence-corrected chi connectivity index (χ1v) is 6.31. The van der Waals surface area contributed by atoms with E-state index in [0.29, 0.717) is 19.3 Å². The average Bonchev–Trinajstić information content (AvgIpc) is 2.37. The van der Waals surface area contributed by atoms with Crippen LogP contribution in [0.4, 0.5) is 0 Å². The van der Waals surface area contributed by atoms with E-state index in [1.165, 1.54) is 5.56 Å². The number of benzene rings is 1. The summed E-state index contributed by atoms with van der Waals surface area (Å²) in [7, 11) is 1.77. The molecule has 2 N–H and O–H groups in total. The molecule has 0 atom stereocenters. The van der Waals surface area contributed by atoms with E-state index in [9.17, 15) is 0 Å². The van der Waals surface area contributed by atoms with Crippen LogP contribution in [0.15, 0.2) is 35.3 Å². The third kappa shape index (κ3) is 6.25. The molecule has 1 aromatic carbocycles. The molecule has 0 amide bonds. The minimum absolute atomic E-state index is 0.376. The number of rotatable bonds is 6. The summed E-state index contributed by atoms with van der Waals surface area (Å²) in [5, 5.41) is 6.42. The number of ether oxygens (including phenoxy) is 1. The van der Waals surface area contributed by atoms with Crippen molar-refractivity contribution in [2.75, 3.05) is 20.2 Å². The summed E-state index contributed by atoms with van der Waals surface area (Å²) in [5.41, 5.74) is 1.20. The number of hydrogen-bond donors (Lipinski definition) is 2. The smallest absolute Gasteiger partial charge is 0.191 e. The molecule has 0 aliphatic carbocycles. The van der Waals surface area contributed by atoms with E-state index in [4.69, 9.17) is 4.74 Å². The average molecular weight is 249 g/mol. The first kappa shape index (κ1) is 14.5. The van der Waals surface area contributed by atoms with Gasteiger partial charge in [0, 0.05) is 19.6 Å². The minimum Gasteiger partial charge on any atom is -0.375 e. The van der Waals surface area contributed by atoms with Crippen LogP contribution in [0.2, 0.25) is 0 Å². The molecule has 0 aliphatic heterocycles. The molecule has 1 rings (SSSR count). The number of hydrogen-bond acceptors (Lipinski definition) is 2. The van der Waals surface area contributed by atoms with Gasteiger partial charge in [-0.1, -0.05) is 30.3 Å². The fourth-order valence-corrected chi connectivity index (χ4v) is 1.47. The second kappa shape index (κ2) is 8.53. The Morgan fingerprint density at radius 2 is 2.00 bits per heavy atom. The van der Waals surface area contributed by atoms with Gasteiger partial charge in [-0.2, -0.15) is 0 Å². The maximum absolute atomic E-state index is 5.57. The first-order valence-electron chi connectivity index (χ1n) is 6.31. The Bertz CT molecular complexity index is 349. The summed E-state index contributed by atoms with van der Waals surface area (Å²) in [4.78, 5) is 4.12. The Hall–Kier alpha value is -1.55. The van der Waals surface area contributed by atoms with Crippen molar-refractivity contribution in [3.63, 3.8) is 0 Å². The lowest BCUT2D eigenvalue weighted by atomic mass is 10.2. The Labute approximate surface area is 109 Å². The van der Waals surface area contributed by atoms with Gasteiger partial charge in [0.1, 0.15) is 0 Å². The highest BCUT2D eigenvalue weighted by atomic mass is 16.5. The van der Waals surface area contributed by atoms with E-state index < -0.39 is 0 Å². The van der Waals surface area contributed by atoms with Gasteiger partial charge < -0.3 is 15.4 Å². The van der Waals surface area contributed by atoms with Crippen LogP contribution in [0.3, 0.4) is 0 Å². The van der Waals surface area contributed by atoms with Gasteiger partial charge in [-0.25, -0.2) is 0 Å². The van der Waals surface area contributed by atoms with Gasteiger partial charge >= 0.3 is 0 Å². The maximum atomic E-state index is 5.57. The van der Waals surface area contributed by atoms with Crippen LogP contribution in [0.25, 0.3) is 0 Å². The van der Waals surface area contributed by atoms with E-state index >= 15 is 0 Å². The van der Waals surface area contributed by atoms with Crippen molar-refractivity contribution in [1.29, 1.82) is 0 Å². The monoisotopic (exact) mass is 249 g/mol. The molecule has 4 nitrogen and oxygen atoms in total. The predicted molar refractivity (Wildman–Crippen MR) is 75.7 cm³/mol. The zero-order valence-electron chi connectivity index (χ0n) is 11.4. The van der Waals surface area contributed by atoms with E-state index in [1.807, 2.05) is 18.2 Å². The first-order chi connectivity index (χ1) is 8.72. The molecule has 0 saturated carbocycles. The highest BCUT2D eigenvalue weighted by Crippen LogP contribution is 1.99. The van der Waals surface area contributed by atoms with Crippen molar-refractivity contribution in [2.45, 2.75) is 26.5 Å². The fraction of sp³-hybridized carbons (Fsp3) is 0.500. The molecule has 0 radical (unpaired) electrons. The van der Waals surface area contributed by atoms with Crippen LogP contribution in [0, 0.1) is 0 Å². The van der Waals surface area contributed by atoms with Gasteiger partial charge in [0.25, 0.3) is 0 Å². The van der Waals surface area contributed by atoms with Gasteiger partial charge in [-0.3, -0.25) is 4.99 Å². The molecule has 1 aromatic rings. The summed E-state index contributed by atoms with van der Waals surface area (Å²) < 4.78 is 5.57. The molecule has 4 heteroatoms. The van der Waals surface area contributed by atoms with Crippen LogP contribution in [0.1, 0.15) is 19.4 Å². The number of aliphatic imine (C=N–C) groups is 1. The summed E-state index contributed by atoms with van der Waals surface area (Å²) in [6, 6.07) is 10.5. The normalized spacial score (nSPS) is 11.7. The molecule has 0 heterocycles. The topological polar surface area (TPSA) is 45.7 Å². The SMILES string of the molecule is CN=C(NCCOCc1ccccc1)NC(C)C. The molecule has 0 saturated heterocycles. The number of nitrogens with zero attached hydrogens (tertiary/aromatic N) is 1. The van der Waals surface area contributed by atoms with E-state index in [2.05, 4.69) is 41.6 Å². The molecule has 0 fully saturated rings. The van der Waals surface area contributed by atoms with Gasteiger partial charge in [0.15, 0.2) is 5.96 Å². The molecule has 100 valence electrons. The largest absolute Gasteiger partial charge is 0.375 e. The Balaban J connectivity index is 2.11. The lowest BCUT2D eigenvalue weighted by Crippen LogP contribution is -2.42. The van der Waals surface area contributed by atoms with E-state index in [1.54, 1.807) is 7.05 Å². The second-order valence-corrected chi connectivity index (χ2v) is 4.34. The van der Waals surface area contributed by atoms with Crippen LogP contribution in [0.5, 0.6) is 0 Å². The summed E-state index contributed by atoms with van der Waals surface area (Å²) in [6.07, 6.45) is 0. The van der Waals surface area contributed by atoms with Crippen LogP contribution >= 0.6 is 0 Å². The lowest BCUT2D eigenvalue weighted by Gasteiger charge is -2.14. The van der Waals surface area contributed by atoms with Crippen LogP contribution in [-0.2, 0) is 11.3 Å². The summed E-state index contributed by atoms with van der Waals surface area (Å²) >= 11 is 0. The van der Waals surface area contributed by atoms with Crippen molar-refractivity contribution in [3.8, 4) is 0 Å². The van der Waals surface area contributed by atoms with Crippen LogP contribution < -0.4 is 10.6 Å². The molecule has 0 spiro atoms. The zero-order valence-corrected chi connectivity index (χ0v) is 11.4.